The largest absolute Gasteiger partial charge is 0.0931 e. The van der Waals surface area contributed by atoms with Gasteiger partial charge in [0.25, 0.3) is 0 Å². The summed E-state index contributed by atoms with van der Waals surface area (Å²) >= 11 is 0.203. The van der Waals surface area contributed by atoms with Crippen molar-refractivity contribution in [2.75, 3.05) is 0 Å². The van der Waals surface area contributed by atoms with Gasteiger partial charge in [0.15, 0.2) is 0 Å². The first-order chi connectivity index (χ1) is 5.38. The fourth-order valence-electron chi connectivity index (χ4n) is 1.20. The van der Waals surface area contributed by atoms with Crippen LogP contribution in [0.2, 0.25) is 0 Å². The van der Waals surface area contributed by atoms with Crippen molar-refractivity contribution < 1.29 is 0 Å². The molecule has 2 rings (SSSR count). The number of halogens is 1. The maximum absolute atomic E-state index is 2.39. The summed E-state index contributed by atoms with van der Waals surface area (Å²) in [5.41, 5.74) is 4.25. The van der Waals surface area contributed by atoms with Crippen LogP contribution >= 0.6 is 20.7 Å². The predicted molar refractivity (Wildman–Crippen MR) is 59.4 cm³/mol. The van der Waals surface area contributed by atoms with Crippen LogP contribution in [-0.2, 0) is 0 Å². The molecular formula is C10H9I. The molecule has 0 N–H and O–H groups in total. The Bertz CT molecular complexity index is 335. The van der Waals surface area contributed by atoms with Crippen LogP contribution in [0.15, 0.2) is 22.3 Å². The van der Waals surface area contributed by atoms with Crippen molar-refractivity contribution in [1.29, 1.82) is 0 Å². The van der Waals surface area contributed by atoms with E-state index in [1.54, 1.807) is 0 Å². The Morgan fingerprint density at radius 2 is 2.18 bits per heavy atom. The zero-order valence-electron chi connectivity index (χ0n) is 6.34. The summed E-state index contributed by atoms with van der Waals surface area (Å²) < 4.78 is 4.70. The zero-order valence-corrected chi connectivity index (χ0v) is 8.50. The molecule has 11 heavy (non-hydrogen) atoms. The highest BCUT2D eigenvalue weighted by molar-refractivity contribution is 14.2. The first-order valence-electron chi connectivity index (χ1n) is 3.59. The Balaban J connectivity index is 2.70. The van der Waals surface area contributed by atoms with Gasteiger partial charge in [-0.1, -0.05) is 38.9 Å². The number of hydrogen-bond donors (Lipinski definition) is 0. The molecule has 0 fully saturated rings. The lowest BCUT2D eigenvalue weighted by Gasteiger charge is -2.06. The molecule has 0 radical (unpaired) electrons. The topological polar surface area (TPSA) is 0 Å². The van der Waals surface area contributed by atoms with E-state index >= 15 is 0 Å². The van der Waals surface area contributed by atoms with Gasteiger partial charge in [-0.25, -0.2) is 0 Å². The van der Waals surface area contributed by atoms with Gasteiger partial charge in [0.05, 0.1) is 0 Å². The van der Waals surface area contributed by atoms with Crippen molar-refractivity contribution >= 4 is 30.8 Å². The summed E-state index contributed by atoms with van der Waals surface area (Å²) in [5, 5.41) is 0. The van der Waals surface area contributed by atoms with Crippen LogP contribution in [0.5, 0.6) is 0 Å². The molecule has 1 aliphatic heterocycles. The quantitative estimate of drug-likeness (QED) is 0.626. The minimum absolute atomic E-state index is 0.203. The fourth-order valence-corrected chi connectivity index (χ4v) is 3.21. The van der Waals surface area contributed by atoms with Crippen molar-refractivity contribution in [1.82, 2.24) is 0 Å². The normalized spacial score (nSPS) is 13.9. The highest BCUT2D eigenvalue weighted by atomic mass is 127. The lowest BCUT2D eigenvalue weighted by Crippen LogP contribution is -1.90. The molecule has 0 bridgehead atoms. The van der Waals surface area contributed by atoms with Crippen molar-refractivity contribution in [3.05, 3.63) is 39.0 Å². The summed E-state index contributed by atoms with van der Waals surface area (Å²) in [6, 6.07) is 6.48. The molecule has 0 aromatic heterocycles. The van der Waals surface area contributed by atoms with Gasteiger partial charge in [0.1, 0.15) is 0 Å². The van der Waals surface area contributed by atoms with E-state index in [9.17, 15) is 0 Å². The van der Waals surface area contributed by atoms with Crippen molar-refractivity contribution in [3.63, 3.8) is 0 Å². The van der Waals surface area contributed by atoms with Crippen LogP contribution in [0.1, 0.15) is 16.7 Å². The zero-order chi connectivity index (χ0) is 7.68. The number of aryl methyl sites for hydroxylation is 1. The minimum atomic E-state index is 0.203. The molecule has 1 heteroatoms. The molecule has 0 saturated carbocycles. The van der Waals surface area contributed by atoms with Crippen molar-refractivity contribution in [2.24, 2.45) is 0 Å². The lowest BCUT2D eigenvalue weighted by atomic mass is 10.0. The van der Waals surface area contributed by atoms with Gasteiger partial charge in [-0.05, 0) is 37.8 Å². The van der Waals surface area contributed by atoms with E-state index in [0.29, 0.717) is 0 Å². The van der Waals surface area contributed by atoms with E-state index in [1.807, 2.05) is 0 Å². The van der Waals surface area contributed by atoms with Crippen LogP contribution in [0.25, 0.3) is 6.08 Å². The average molecular weight is 256 g/mol. The maximum atomic E-state index is 2.39. The molecular weight excluding hydrogens is 247 g/mol. The molecule has 1 aliphatic rings. The lowest BCUT2D eigenvalue weighted by molar-refractivity contribution is 1.44. The summed E-state index contributed by atoms with van der Waals surface area (Å²) in [5.74, 6) is 0. The smallest absolute Gasteiger partial charge is 0.00978 e. The van der Waals surface area contributed by atoms with Gasteiger partial charge in [0.2, 0.25) is 0 Å². The highest BCUT2D eigenvalue weighted by Gasteiger charge is 2.00. The molecule has 1 aromatic carbocycles. The van der Waals surface area contributed by atoms with Crippen LogP contribution in [0.4, 0.5) is 0 Å². The molecule has 0 nitrogen and oxygen atoms in total. The van der Waals surface area contributed by atoms with E-state index in [-0.39, 0.29) is 20.7 Å². The maximum Gasteiger partial charge on any atom is -0.00978 e. The second-order valence-corrected chi connectivity index (χ2v) is 4.67. The summed E-state index contributed by atoms with van der Waals surface area (Å²) in [4.78, 5) is 0. The summed E-state index contributed by atoms with van der Waals surface area (Å²) in [6.07, 6.45) is 2.25. The number of rotatable bonds is 0. The van der Waals surface area contributed by atoms with Crippen LogP contribution in [-0.4, -0.2) is 4.01 Å². The van der Waals surface area contributed by atoms with Gasteiger partial charge in [-0.3, -0.25) is 0 Å². The molecule has 0 spiro atoms. The Morgan fingerprint density at radius 1 is 1.27 bits per heavy atom. The number of benzene rings is 1. The van der Waals surface area contributed by atoms with Crippen LogP contribution in [0, 0.1) is 6.92 Å². The Labute approximate surface area is 76.7 Å². The average Bonchev–Trinajstić information content (AvgIpc) is 2.06. The van der Waals surface area contributed by atoms with Crippen LogP contribution < -0.4 is 0 Å². The third-order valence-corrected chi connectivity index (χ3v) is 3.60. The second kappa shape index (κ2) is 2.89. The van der Waals surface area contributed by atoms with Gasteiger partial charge >= 0.3 is 0 Å². The minimum Gasteiger partial charge on any atom is -0.0931 e. The van der Waals surface area contributed by atoms with Gasteiger partial charge < -0.3 is 0 Å². The summed E-state index contributed by atoms with van der Waals surface area (Å²) in [6.45, 7) is 2.18. The van der Waals surface area contributed by atoms with Crippen molar-refractivity contribution in [3.8, 4) is 0 Å². The molecule has 0 saturated heterocycles. The Hall–Kier alpha value is -0.440. The number of fused-ring (bicyclic) bond motifs is 1. The molecule has 0 atom stereocenters. The van der Waals surface area contributed by atoms with E-state index in [1.165, 1.54) is 16.7 Å². The third-order valence-electron chi connectivity index (χ3n) is 1.85. The van der Waals surface area contributed by atoms with E-state index in [2.05, 4.69) is 39.3 Å². The summed E-state index contributed by atoms with van der Waals surface area (Å²) in [7, 11) is 0. The van der Waals surface area contributed by atoms with Gasteiger partial charge in [0, 0.05) is 0 Å². The van der Waals surface area contributed by atoms with Crippen molar-refractivity contribution in [2.45, 2.75) is 6.92 Å². The molecule has 56 valence electrons. The third kappa shape index (κ3) is 1.29. The predicted octanol–water partition coefficient (Wildman–Crippen LogP) is 3.10. The highest BCUT2D eigenvalue weighted by Crippen LogP contribution is 2.21. The monoisotopic (exact) mass is 256 g/mol. The second-order valence-electron chi connectivity index (χ2n) is 2.61. The van der Waals surface area contributed by atoms with E-state index < -0.39 is 0 Å². The first kappa shape index (κ1) is 7.22. The van der Waals surface area contributed by atoms with Crippen LogP contribution in [0.3, 0.4) is 0 Å². The SMILES string of the molecule is Cc1cccc2c1C=IC=C2. The van der Waals surface area contributed by atoms with E-state index in [4.69, 9.17) is 0 Å². The Morgan fingerprint density at radius 3 is 3.00 bits per heavy atom. The molecule has 0 unspecified atom stereocenters. The Kier molecular flexibility index (Phi) is 1.90. The molecule has 1 heterocycles. The molecule has 0 aliphatic carbocycles. The molecule has 1 aromatic rings. The van der Waals surface area contributed by atoms with Gasteiger partial charge in [-0.2, -0.15) is 0 Å². The van der Waals surface area contributed by atoms with E-state index in [0.717, 1.165) is 0 Å². The first-order valence-corrected chi connectivity index (χ1v) is 6.08. The number of hydrogen-bond acceptors (Lipinski definition) is 0. The fraction of sp³-hybridized carbons (Fsp3) is 0.100. The standard InChI is InChI=1S/C10H9I/c1-8-3-2-4-9-5-6-11-7-10(8)9/h2-7H,1H3. The molecule has 0 amide bonds. The van der Waals surface area contributed by atoms with Gasteiger partial charge in [-0.15, -0.1) is 0 Å².